The Balaban J connectivity index is 2.15. The first-order chi connectivity index (χ1) is 10.2. The van der Waals surface area contributed by atoms with E-state index in [1.165, 1.54) is 17.4 Å². The molecule has 1 heterocycles. The molecule has 0 bridgehead atoms. The zero-order valence-electron chi connectivity index (χ0n) is 11.2. The average molecular weight is 348 g/mol. The van der Waals surface area contributed by atoms with Gasteiger partial charge >= 0.3 is 6.18 Å². The number of aromatic amines is 1. The maximum atomic E-state index is 12.7. The Morgan fingerprint density at radius 3 is 2.68 bits per heavy atom. The molecule has 22 heavy (non-hydrogen) atoms. The highest BCUT2D eigenvalue weighted by atomic mass is 32.1. The molecule has 2 aromatic rings. The predicted octanol–water partition coefficient (Wildman–Crippen LogP) is 4.02. The standard InChI is InChI=1S/C13H11F3N2O2S2/c1-6-10(22-12(21)17-6)5-11(20)18-7-2-3-9(19)8(4-7)13(14,15)16/h2-4,19H,5H2,1H3,(H,17,21)(H,18,20). The minimum atomic E-state index is -4.69. The molecule has 0 aliphatic carbocycles. The van der Waals surface area contributed by atoms with Crippen LogP contribution in [0.1, 0.15) is 16.1 Å². The summed E-state index contributed by atoms with van der Waals surface area (Å²) in [6, 6.07) is 2.79. The van der Waals surface area contributed by atoms with Crippen LogP contribution in [0.2, 0.25) is 0 Å². The van der Waals surface area contributed by atoms with E-state index >= 15 is 0 Å². The van der Waals surface area contributed by atoms with Crippen molar-refractivity contribution in [3.05, 3.63) is 38.3 Å². The average Bonchev–Trinajstić information content (AvgIpc) is 2.68. The Morgan fingerprint density at radius 1 is 1.45 bits per heavy atom. The molecule has 0 atom stereocenters. The molecule has 9 heteroatoms. The lowest BCUT2D eigenvalue weighted by molar-refractivity contribution is -0.138. The van der Waals surface area contributed by atoms with Gasteiger partial charge in [0, 0.05) is 16.3 Å². The lowest BCUT2D eigenvalue weighted by Gasteiger charge is -2.11. The first-order valence-electron chi connectivity index (χ1n) is 6.05. The van der Waals surface area contributed by atoms with E-state index in [4.69, 9.17) is 12.2 Å². The van der Waals surface area contributed by atoms with Crippen molar-refractivity contribution in [1.29, 1.82) is 0 Å². The Kier molecular flexibility index (Phi) is 4.57. The van der Waals surface area contributed by atoms with E-state index in [2.05, 4.69) is 10.3 Å². The maximum Gasteiger partial charge on any atom is 0.420 e. The summed E-state index contributed by atoms with van der Waals surface area (Å²) in [5.41, 5.74) is -0.475. The molecule has 0 saturated carbocycles. The number of benzene rings is 1. The van der Waals surface area contributed by atoms with E-state index in [0.29, 0.717) is 10.0 Å². The molecule has 118 valence electrons. The third kappa shape index (κ3) is 3.86. The van der Waals surface area contributed by atoms with Gasteiger partial charge in [-0.1, -0.05) is 0 Å². The summed E-state index contributed by atoms with van der Waals surface area (Å²) in [4.78, 5) is 15.5. The van der Waals surface area contributed by atoms with Crippen molar-refractivity contribution >= 4 is 35.1 Å². The van der Waals surface area contributed by atoms with Gasteiger partial charge in [-0.05, 0) is 37.3 Å². The minimum absolute atomic E-state index is 0.00582. The molecular weight excluding hydrogens is 337 g/mol. The number of nitrogens with one attached hydrogen (secondary N) is 2. The molecule has 0 fully saturated rings. The van der Waals surface area contributed by atoms with Crippen molar-refractivity contribution < 1.29 is 23.1 Å². The molecule has 0 radical (unpaired) electrons. The summed E-state index contributed by atoms with van der Waals surface area (Å²) in [6.45, 7) is 1.76. The third-order valence-electron chi connectivity index (χ3n) is 2.83. The van der Waals surface area contributed by atoms with Crippen LogP contribution in [-0.4, -0.2) is 16.0 Å². The van der Waals surface area contributed by atoms with Crippen LogP contribution in [0.4, 0.5) is 18.9 Å². The monoisotopic (exact) mass is 348 g/mol. The number of carbonyl (C=O) groups is 1. The number of alkyl halides is 3. The predicted molar refractivity (Wildman–Crippen MR) is 79.7 cm³/mol. The number of rotatable bonds is 3. The van der Waals surface area contributed by atoms with Gasteiger partial charge in [-0.3, -0.25) is 4.79 Å². The second kappa shape index (κ2) is 6.09. The number of aryl methyl sites for hydroxylation is 1. The highest BCUT2D eigenvalue weighted by molar-refractivity contribution is 7.73. The van der Waals surface area contributed by atoms with Gasteiger partial charge in [0.1, 0.15) is 5.75 Å². The van der Waals surface area contributed by atoms with Crippen molar-refractivity contribution in [2.75, 3.05) is 5.32 Å². The van der Waals surface area contributed by atoms with Crippen LogP contribution in [0, 0.1) is 10.9 Å². The number of H-pyrrole nitrogens is 1. The van der Waals surface area contributed by atoms with Crippen molar-refractivity contribution in [1.82, 2.24) is 4.98 Å². The van der Waals surface area contributed by atoms with Crippen LogP contribution < -0.4 is 5.32 Å². The number of phenolic OH excluding ortho intramolecular Hbond substituents is 1. The van der Waals surface area contributed by atoms with Crippen LogP contribution in [0.25, 0.3) is 0 Å². The number of hydrogen-bond donors (Lipinski definition) is 3. The van der Waals surface area contributed by atoms with E-state index in [1.807, 2.05) is 0 Å². The fourth-order valence-electron chi connectivity index (χ4n) is 1.80. The third-order valence-corrected chi connectivity index (χ3v) is 4.17. The summed E-state index contributed by atoms with van der Waals surface area (Å²) >= 11 is 6.20. The summed E-state index contributed by atoms with van der Waals surface area (Å²) in [6.07, 6.45) is -4.69. The number of anilines is 1. The Hall–Kier alpha value is -1.87. The molecule has 0 spiro atoms. The molecule has 1 aromatic heterocycles. The van der Waals surface area contributed by atoms with Crippen molar-refractivity contribution in [3.8, 4) is 5.75 Å². The van der Waals surface area contributed by atoms with Crippen LogP contribution >= 0.6 is 23.6 Å². The summed E-state index contributed by atoms with van der Waals surface area (Å²) < 4.78 is 38.6. The maximum absolute atomic E-state index is 12.7. The van der Waals surface area contributed by atoms with Gasteiger partial charge in [-0.15, -0.1) is 11.3 Å². The van der Waals surface area contributed by atoms with E-state index in [0.717, 1.165) is 16.6 Å². The first-order valence-corrected chi connectivity index (χ1v) is 7.28. The SMILES string of the molecule is Cc1[nH]c(=S)sc1CC(=O)Nc1ccc(O)c(C(F)(F)F)c1. The van der Waals surface area contributed by atoms with Gasteiger partial charge in [0.25, 0.3) is 0 Å². The minimum Gasteiger partial charge on any atom is -0.507 e. The van der Waals surface area contributed by atoms with Gasteiger partial charge in [0.2, 0.25) is 5.91 Å². The molecule has 0 aliphatic rings. The molecule has 2 rings (SSSR count). The number of phenols is 1. The lowest BCUT2D eigenvalue weighted by Crippen LogP contribution is -2.15. The number of carbonyl (C=O) groups excluding carboxylic acids is 1. The van der Waals surface area contributed by atoms with Gasteiger partial charge in [0.05, 0.1) is 12.0 Å². The molecule has 0 saturated heterocycles. The Morgan fingerprint density at radius 2 is 2.14 bits per heavy atom. The number of amides is 1. The quantitative estimate of drug-likeness (QED) is 0.580. The Labute approximate surface area is 132 Å². The van der Waals surface area contributed by atoms with Crippen molar-refractivity contribution in [3.63, 3.8) is 0 Å². The van der Waals surface area contributed by atoms with Gasteiger partial charge < -0.3 is 15.4 Å². The number of aromatic hydroxyl groups is 1. The van der Waals surface area contributed by atoms with E-state index in [-0.39, 0.29) is 12.1 Å². The first kappa shape index (κ1) is 16.5. The van der Waals surface area contributed by atoms with Crippen LogP contribution in [0.15, 0.2) is 18.2 Å². The van der Waals surface area contributed by atoms with Crippen LogP contribution in [0.3, 0.4) is 0 Å². The molecule has 4 nitrogen and oxygen atoms in total. The summed E-state index contributed by atoms with van der Waals surface area (Å²) in [7, 11) is 0. The molecule has 0 unspecified atom stereocenters. The van der Waals surface area contributed by atoms with E-state index in [9.17, 15) is 23.1 Å². The summed E-state index contributed by atoms with van der Waals surface area (Å²) in [5, 5.41) is 11.6. The van der Waals surface area contributed by atoms with Crippen molar-refractivity contribution in [2.24, 2.45) is 0 Å². The second-order valence-corrected chi connectivity index (χ2v) is 6.29. The largest absolute Gasteiger partial charge is 0.507 e. The highest BCUT2D eigenvalue weighted by Crippen LogP contribution is 2.37. The van der Waals surface area contributed by atoms with E-state index < -0.39 is 23.4 Å². The molecule has 3 N–H and O–H groups in total. The highest BCUT2D eigenvalue weighted by Gasteiger charge is 2.34. The fraction of sp³-hybridized carbons (Fsp3) is 0.231. The molecule has 1 aromatic carbocycles. The second-order valence-electron chi connectivity index (χ2n) is 4.52. The van der Waals surface area contributed by atoms with E-state index in [1.54, 1.807) is 6.92 Å². The molecular formula is C13H11F3N2O2S2. The Bertz CT molecular complexity index is 765. The summed E-state index contributed by atoms with van der Waals surface area (Å²) in [5.74, 6) is -1.35. The number of aromatic nitrogens is 1. The zero-order chi connectivity index (χ0) is 16.5. The van der Waals surface area contributed by atoms with Crippen molar-refractivity contribution in [2.45, 2.75) is 19.5 Å². The number of thiazole rings is 1. The molecule has 1 amide bonds. The van der Waals surface area contributed by atoms with Crippen LogP contribution in [0.5, 0.6) is 5.75 Å². The molecule has 0 aliphatic heterocycles. The fourth-order valence-corrected chi connectivity index (χ4v) is 3.09. The normalized spacial score (nSPS) is 11.5. The van der Waals surface area contributed by atoms with Gasteiger partial charge in [-0.2, -0.15) is 13.2 Å². The van der Waals surface area contributed by atoms with Crippen LogP contribution in [-0.2, 0) is 17.4 Å². The number of halogens is 3. The van der Waals surface area contributed by atoms with Gasteiger partial charge in [-0.25, -0.2) is 0 Å². The zero-order valence-corrected chi connectivity index (χ0v) is 12.9. The number of hydrogen-bond acceptors (Lipinski definition) is 4. The topological polar surface area (TPSA) is 65.1 Å². The smallest absolute Gasteiger partial charge is 0.420 e. The van der Waals surface area contributed by atoms with Gasteiger partial charge in [0.15, 0.2) is 3.95 Å². The lowest BCUT2D eigenvalue weighted by atomic mass is 10.1.